The third-order valence-corrected chi connectivity index (χ3v) is 4.50. The highest BCUT2D eigenvalue weighted by Gasteiger charge is 2.18. The van der Waals surface area contributed by atoms with Gasteiger partial charge in [0.15, 0.2) is 0 Å². The summed E-state index contributed by atoms with van der Waals surface area (Å²) in [6, 6.07) is 9.23. The van der Waals surface area contributed by atoms with Gasteiger partial charge in [-0.05, 0) is 47.2 Å². The Kier molecular flexibility index (Phi) is 4.64. The maximum absolute atomic E-state index is 3.66. The Hall–Kier alpha value is -0.860. The minimum atomic E-state index is 0.402. The average molecular weight is 275 g/mol. The molecule has 1 N–H and O–H groups in total. The highest BCUT2D eigenvalue weighted by molar-refractivity contribution is 7.17. The van der Waals surface area contributed by atoms with Crippen LogP contribution in [0.5, 0.6) is 0 Å². The summed E-state index contributed by atoms with van der Waals surface area (Å²) in [4.78, 5) is 0. The van der Waals surface area contributed by atoms with Crippen molar-refractivity contribution in [3.05, 3.63) is 35.2 Å². The normalized spacial score (nSPS) is 13.9. The van der Waals surface area contributed by atoms with Crippen molar-refractivity contribution >= 4 is 21.4 Å². The standard InChI is InChI=1S/C17H25NS/c1-5-18-15(10-11-17(2,3)4)14-12-19-16-9-7-6-8-13(14)16/h6-9,12,15,18H,5,10-11H2,1-4H3. The van der Waals surface area contributed by atoms with Crippen LogP contribution in [0.25, 0.3) is 10.1 Å². The number of rotatable bonds is 5. The first-order valence-corrected chi connectivity index (χ1v) is 8.09. The van der Waals surface area contributed by atoms with E-state index in [9.17, 15) is 0 Å². The maximum atomic E-state index is 3.66. The van der Waals surface area contributed by atoms with E-state index in [4.69, 9.17) is 0 Å². The quantitative estimate of drug-likeness (QED) is 0.772. The molecule has 0 amide bonds. The molecule has 1 unspecified atom stereocenters. The summed E-state index contributed by atoms with van der Waals surface area (Å²) in [5, 5.41) is 7.41. The van der Waals surface area contributed by atoms with Gasteiger partial charge in [0.25, 0.3) is 0 Å². The molecule has 0 fully saturated rings. The summed E-state index contributed by atoms with van der Waals surface area (Å²) < 4.78 is 1.40. The number of hydrogen-bond acceptors (Lipinski definition) is 2. The van der Waals surface area contributed by atoms with Crippen molar-refractivity contribution < 1.29 is 0 Å². The second-order valence-electron chi connectivity index (χ2n) is 6.40. The van der Waals surface area contributed by atoms with Crippen LogP contribution in [0.2, 0.25) is 0 Å². The van der Waals surface area contributed by atoms with Crippen LogP contribution in [-0.2, 0) is 0 Å². The maximum Gasteiger partial charge on any atom is 0.0346 e. The van der Waals surface area contributed by atoms with Crippen molar-refractivity contribution in [1.82, 2.24) is 5.32 Å². The fourth-order valence-corrected chi connectivity index (χ4v) is 3.47. The lowest BCUT2D eigenvalue weighted by molar-refractivity contribution is 0.334. The summed E-state index contributed by atoms with van der Waals surface area (Å²) in [5.41, 5.74) is 1.88. The first-order chi connectivity index (χ1) is 9.01. The molecule has 0 aliphatic carbocycles. The monoisotopic (exact) mass is 275 g/mol. The summed E-state index contributed by atoms with van der Waals surface area (Å²) in [5.74, 6) is 0. The van der Waals surface area contributed by atoms with Gasteiger partial charge in [-0.2, -0.15) is 0 Å². The van der Waals surface area contributed by atoms with Crippen LogP contribution >= 0.6 is 11.3 Å². The third kappa shape index (κ3) is 3.80. The fraction of sp³-hybridized carbons (Fsp3) is 0.529. The van der Waals surface area contributed by atoms with Crippen LogP contribution < -0.4 is 5.32 Å². The number of nitrogens with one attached hydrogen (secondary N) is 1. The van der Waals surface area contributed by atoms with Gasteiger partial charge in [-0.15, -0.1) is 11.3 Å². The Balaban J connectivity index is 2.23. The Labute approximate surface area is 121 Å². The summed E-state index contributed by atoms with van der Waals surface area (Å²) >= 11 is 1.86. The van der Waals surface area contributed by atoms with E-state index >= 15 is 0 Å². The summed E-state index contributed by atoms with van der Waals surface area (Å²) in [6.45, 7) is 10.2. The predicted molar refractivity (Wildman–Crippen MR) is 86.9 cm³/mol. The largest absolute Gasteiger partial charge is 0.310 e. The van der Waals surface area contributed by atoms with E-state index in [2.05, 4.69) is 62.7 Å². The fourth-order valence-electron chi connectivity index (χ4n) is 2.46. The lowest BCUT2D eigenvalue weighted by atomic mass is 9.87. The van der Waals surface area contributed by atoms with Crippen molar-refractivity contribution in [2.24, 2.45) is 5.41 Å². The van der Waals surface area contributed by atoms with E-state index in [-0.39, 0.29) is 0 Å². The van der Waals surface area contributed by atoms with Gasteiger partial charge >= 0.3 is 0 Å². The van der Waals surface area contributed by atoms with Crippen molar-refractivity contribution in [2.75, 3.05) is 6.54 Å². The SMILES string of the molecule is CCNC(CCC(C)(C)C)c1csc2ccccc12. The van der Waals surface area contributed by atoms with Crippen molar-refractivity contribution in [3.63, 3.8) is 0 Å². The molecule has 0 bridgehead atoms. The number of thiophene rings is 1. The van der Waals surface area contributed by atoms with Gasteiger partial charge in [0, 0.05) is 10.7 Å². The lowest BCUT2D eigenvalue weighted by Crippen LogP contribution is -2.22. The molecule has 0 aliphatic rings. The first-order valence-electron chi connectivity index (χ1n) is 7.21. The average Bonchev–Trinajstić information content (AvgIpc) is 2.77. The smallest absolute Gasteiger partial charge is 0.0346 e. The van der Waals surface area contributed by atoms with E-state index in [1.807, 2.05) is 11.3 Å². The molecule has 0 spiro atoms. The van der Waals surface area contributed by atoms with Gasteiger partial charge in [-0.3, -0.25) is 0 Å². The zero-order chi connectivity index (χ0) is 13.9. The lowest BCUT2D eigenvalue weighted by Gasteiger charge is -2.23. The number of benzene rings is 1. The molecule has 1 aromatic heterocycles. The van der Waals surface area contributed by atoms with E-state index in [0.29, 0.717) is 11.5 Å². The molecular weight excluding hydrogens is 250 g/mol. The second-order valence-corrected chi connectivity index (χ2v) is 7.31. The van der Waals surface area contributed by atoms with E-state index in [1.165, 1.54) is 28.5 Å². The summed E-state index contributed by atoms with van der Waals surface area (Å²) in [6.07, 6.45) is 2.45. The highest BCUT2D eigenvalue weighted by atomic mass is 32.1. The van der Waals surface area contributed by atoms with E-state index in [1.54, 1.807) is 0 Å². The molecule has 19 heavy (non-hydrogen) atoms. The van der Waals surface area contributed by atoms with Gasteiger partial charge in [0.05, 0.1) is 0 Å². The molecular formula is C17H25NS. The van der Waals surface area contributed by atoms with Gasteiger partial charge in [0.2, 0.25) is 0 Å². The molecule has 104 valence electrons. The van der Waals surface area contributed by atoms with Gasteiger partial charge in [-0.1, -0.05) is 45.9 Å². The minimum absolute atomic E-state index is 0.402. The molecule has 1 aromatic carbocycles. The van der Waals surface area contributed by atoms with E-state index in [0.717, 1.165) is 6.54 Å². The van der Waals surface area contributed by atoms with Crippen LogP contribution in [0.4, 0.5) is 0 Å². The molecule has 1 heterocycles. The Bertz CT molecular complexity index is 521. The van der Waals surface area contributed by atoms with Crippen LogP contribution in [0.15, 0.2) is 29.6 Å². The highest BCUT2D eigenvalue weighted by Crippen LogP contribution is 2.34. The van der Waals surface area contributed by atoms with Gasteiger partial charge < -0.3 is 5.32 Å². The zero-order valence-corrected chi connectivity index (χ0v) is 13.3. The predicted octanol–water partition coefficient (Wildman–Crippen LogP) is 5.38. The van der Waals surface area contributed by atoms with Crippen LogP contribution in [0.3, 0.4) is 0 Å². The van der Waals surface area contributed by atoms with Crippen molar-refractivity contribution in [3.8, 4) is 0 Å². The Morgan fingerprint density at radius 3 is 2.63 bits per heavy atom. The van der Waals surface area contributed by atoms with Crippen LogP contribution in [-0.4, -0.2) is 6.54 Å². The molecule has 0 aliphatic heterocycles. The summed E-state index contributed by atoms with van der Waals surface area (Å²) in [7, 11) is 0. The molecule has 0 saturated heterocycles. The molecule has 2 heteroatoms. The molecule has 1 nitrogen and oxygen atoms in total. The molecule has 1 atom stereocenters. The van der Waals surface area contributed by atoms with Crippen molar-refractivity contribution in [2.45, 2.75) is 46.6 Å². The van der Waals surface area contributed by atoms with Crippen LogP contribution in [0.1, 0.15) is 52.1 Å². The molecule has 2 aromatic rings. The number of fused-ring (bicyclic) bond motifs is 1. The molecule has 2 rings (SSSR count). The second kappa shape index (κ2) is 6.06. The van der Waals surface area contributed by atoms with Gasteiger partial charge in [-0.25, -0.2) is 0 Å². The van der Waals surface area contributed by atoms with Gasteiger partial charge in [0.1, 0.15) is 0 Å². The number of hydrogen-bond donors (Lipinski definition) is 1. The zero-order valence-electron chi connectivity index (χ0n) is 12.5. The topological polar surface area (TPSA) is 12.0 Å². The van der Waals surface area contributed by atoms with E-state index < -0.39 is 0 Å². The van der Waals surface area contributed by atoms with Crippen LogP contribution in [0, 0.1) is 5.41 Å². The Morgan fingerprint density at radius 2 is 1.95 bits per heavy atom. The third-order valence-electron chi connectivity index (χ3n) is 3.52. The van der Waals surface area contributed by atoms with Crippen molar-refractivity contribution in [1.29, 1.82) is 0 Å². The Morgan fingerprint density at radius 1 is 1.21 bits per heavy atom. The molecule has 0 saturated carbocycles. The first kappa shape index (κ1) is 14.5. The minimum Gasteiger partial charge on any atom is -0.310 e. The molecule has 0 radical (unpaired) electrons.